The van der Waals surface area contributed by atoms with Crippen LogP contribution in [-0.4, -0.2) is 100 Å². The molecule has 24 heavy (non-hydrogen) atoms. The van der Waals surface area contributed by atoms with Crippen LogP contribution in [0.1, 0.15) is 6.42 Å². The van der Waals surface area contributed by atoms with Crippen LogP contribution in [-0.2, 0) is 28.5 Å². The Morgan fingerprint density at radius 3 is 2.21 bits per heavy atom. The molecule has 0 aliphatic carbocycles. The Morgan fingerprint density at radius 1 is 1.04 bits per heavy atom. The molecule has 0 saturated carbocycles. The van der Waals surface area contributed by atoms with Gasteiger partial charge in [-0.25, -0.2) is 9.59 Å². The third-order valence-corrected chi connectivity index (χ3v) is 3.96. The summed E-state index contributed by atoms with van der Waals surface area (Å²) in [6, 6.07) is 0. The predicted molar refractivity (Wildman–Crippen MR) is 72.0 cm³/mol. The van der Waals surface area contributed by atoms with Gasteiger partial charge in [-0.2, -0.15) is 0 Å². The Balaban J connectivity index is 2.14. The molecule has 0 spiro atoms. The number of aliphatic hydroxyl groups is 3. The summed E-state index contributed by atoms with van der Waals surface area (Å²) in [5, 5.41) is 47.8. The second-order valence-electron chi connectivity index (χ2n) is 5.59. The molecule has 8 atom stereocenters. The number of carboxylic acid groups (broad SMARTS) is 2. The molecular formula is C13H20O11. The number of hydrogen-bond acceptors (Lipinski definition) is 9. The normalized spacial score (nSPS) is 43.3. The Labute approximate surface area is 136 Å². The number of aliphatic hydroxyl groups excluding tert-OH is 3. The van der Waals surface area contributed by atoms with Crippen LogP contribution < -0.4 is 0 Å². The molecular weight excluding hydrogens is 332 g/mol. The Bertz CT molecular complexity index is 469. The van der Waals surface area contributed by atoms with E-state index in [-0.39, 0.29) is 6.42 Å². The number of hydrogen-bond donors (Lipinski definition) is 5. The monoisotopic (exact) mass is 352 g/mol. The lowest BCUT2D eigenvalue weighted by molar-refractivity contribution is -0.311. The van der Waals surface area contributed by atoms with E-state index in [1.165, 1.54) is 7.11 Å². The number of aliphatic carboxylic acids is 2. The van der Waals surface area contributed by atoms with E-state index >= 15 is 0 Å². The van der Waals surface area contributed by atoms with Crippen LogP contribution in [0, 0.1) is 0 Å². The average molecular weight is 352 g/mol. The minimum atomic E-state index is -1.61. The first-order valence-corrected chi connectivity index (χ1v) is 7.21. The van der Waals surface area contributed by atoms with Gasteiger partial charge in [0.2, 0.25) is 0 Å². The minimum absolute atomic E-state index is 0.137. The number of ether oxygens (including phenoxy) is 4. The fourth-order valence-corrected chi connectivity index (χ4v) is 2.67. The highest BCUT2D eigenvalue weighted by atomic mass is 16.7. The van der Waals surface area contributed by atoms with Gasteiger partial charge in [0.05, 0.1) is 12.7 Å². The van der Waals surface area contributed by atoms with Gasteiger partial charge >= 0.3 is 11.9 Å². The lowest BCUT2D eigenvalue weighted by atomic mass is 9.98. The summed E-state index contributed by atoms with van der Waals surface area (Å²) in [6.45, 7) is -0.407. The van der Waals surface area contributed by atoms with Gasteiger partial charge in [0, 0.05) is 13.5 Å². The van der Waals surface area contributed by atoms with Gasteiger partial charge in [0.1, 0.15) is 24.4 Å². The maximum Gasteiger partial charge on any atom is 0.335 e. The van der Waals surface area contributed by atoms with Crippen LogP contribution in [0.4, 0.5) is 0 Å². The first-order valence-electron chi connectivity index (χ1n) is 7.21. The van der Waals surface area contributed by atoms with Crippen LogP contribution in [0.2, 0.25) is 0 Å². The van der Waals surface area contributed by atoms with Crippen molar-refractivity contribution in [2.24, 2.45) is 0 Å². The molecule has 2 fully saturated rings. The van der Waals surface area contributed by atoms with E-state index in [0.717, 1.165) is 0 Å². The molecule has 0 amide bonds. The van der Waals surface area contributed by atoms with Crippen molar-refractivity contribution in [2.45, 2.75) is 55.4 Å². The molecule has 0 radical (unpaired) electrons. The maximum absolute atomic E-state index is 11.2. The first-order chi connectivity index (χ1) is 11.3. The molecule has 0 aromatic carbocycles. The predicted octanol–water partition coefficient (Wildman–Crippen LogP) is -2.85. The molecule has 5 N–H and O–H groups in total. The summed E-state index contributed by atoms with van der Waals surface area (Å²) in [7, 11) is 1.26. The molecule has 2 aliphatic heterocycles. The first kappa shape index (κ1) is 19.0. The van der Waals surface area contributed by atoms with Gasteiger partial charge in [0.25, 0.3) is 0 Å². The number of rotatable bonds is 5. The van der Waals surface area contributed by atoms with Crippen molar-refractivity contribution < 1.29 is 54.1 Å². The molecule has 0 aromatic heterocycles. The number of carbonyl (C=O) groups is 2. The standard InChI is InChI=1S/C13H20O11/c1-21-6-2-4(14)13(23-8(6)11(17)18)24-9-7(16)5(15)3-22-10(9)12(19)20/h4-10,13-16H,2-3H2,1H3,(H,17,18)(H,19,20)/t4?,5?,6-,7+,8?,9-,10?,13-/m0/s1. The fraction of sp³-hybridized carbons (Fsp3) is 0.846. The molecule has 2 rings (SSSR count). The number of carboxylic acids is 2. The van der Waals surface area contributed by atoms with E-state index in [0.29, 0.717) is 0 Å². The van der Waals surface area contributed by atoms with Crippen molar-refractivity contribution in [3.8, 4) is 0 Å². The van der Waals surface area contributed by atoms with E-state index in [2.05, 4.69) is 0 Å². The van der Waals surface area contributed by atoms with Crippen molar-refractivity contribution in [3.05, 3.63) is 0 Å². The highest BCUT2D eigenvalue weighted by molar-refractivity contribution is 5.74. The summed E-state index contributed by atoms with van der Waals surface area (Å²) < 4.78 is 20.3. The van der Waals surface area contributed by atoms with Crippen molar-refractivity contribution in [1.82, 2.24) is 0 Å². The summed E-state index contributed by atoms with van der Waals surface area (Å²) >= 11 is 0. The molecule has 11 nitrogen and oxygen atoms in total. The SMILES string of the molecule is CO[C@H]1CC(O)[C@H](O[C@@H]2C(C(=O)O)OCC(O)[C@H]2O)OC1C(=O)O. The Morgan fingerprint density at radius 2 is 1.67 bits per heavy atom. The number of methoxy groups -OCH3 is 1. The average Bonchev–Trinajstić information content (AvgIpc) is 2.52. The smallest absolute Gasteiger partial charge is 0.335 e. The van der Waals surface area contributed by atoms with E-state index in [1.807, 2.05) is 0 Å². The van der Waals surface area contributed by atoms with Crippen LogP contribution in [0.5, 0.6) is 0 Å². The molecule has 4 unspecified atom stereocenters. The summed E-state index contributed by atoms with van der Waals surface area (Å²) in [6.07, 6.45) is -11.5. The van der Waals surface area contributed by atoms with Gasteiger partial charge in [0.15, 0.2) is 18.5 Å². The summed E-state index contributed by atoms with van der Waals surface area (Å²) in [4.78, 5) is 22.4. The summed E-state index contributed by atoms with van der Waals surface area (Å²) in [5.74, 6) is -2.79. The van der Waals surface area contributed by atoms with Gasteiger partial charge in [-0.05, 0) is 0 Å². The second-order valence-corrected chi connectivity index (χ2v) is 5.59. The van der Waals surface area contributed by atoms with Gasteiger partial charge in [-0.15, -0.1) is 0 Å². The van der Waals surface area contributed by atoms with Crippen molar-refractivity contribution in [2.75, 3.05) is 13.7 Å². The third kappa shape index (κ3) is 3.83. The zero-order valence-electron chi connectivity index (χ0n) is 12.7. The van der Waals surface area contributed by atoms with E-state index < -0.39 is 67.6 Å². The highest BCUT2D eigenvalue weighted by Crippen LogP contribution is 2.28. The Kier molecular flexibility index (Phi) is 6.09. The van der Waals surface area contributed by atoms with Crippen molar-refractivity contribution in [1.29, 1.82) is 0 Å². The van der Waals surface area contributed by atoms with Gasteiger partial charge in [-0.3, -0.25) is 0 Å². The topological polar surface area (TPSA) is 172 Å². The maximum atomic E-state index is 11.2. The second kappa shape index (κ2) is 7.70. The Hall–Kier alpha value is -1.34. The molecule has 138 valence electrons. The van der Waals surface area contributed by atoms with E-state index in [1.54, 1.807) is 0 Å². The van der Waals surface area contributed by atoms with Gasteiger partial charge < -0.3 is 44.5 Å². The molecule has 11 heteroatoms. The summed E-state index contributed by atoms with van der Waals surface area (Å²) in [5.41, 5.74) is 0. The van der Waals surface area contributed by atoms with E-state index in [9.17, 15) is 24.9 Å². The largest absolute Gasteiger partial charge is 0.479 e. The van der Waals surface area contributed by atoms with Gasteiger partial charge in [-0.1, -0.05) is 0 Å². The quantitative estimate of drug-likeness (QED) is 0.345. The minimum Gasteiger partial charge on any atom is -0.479 e. The zero-order valence-corrected chi connectivity index (χ0v) is 12.7. The molecule has 2 aliphatic rings. The molecule has 0 aromatic rings. The lowest BCUT2D eigenvalue weighted by Crippen LogP contribution is -2.60. The zero-order chi connectivity index (χ0) is 18.0. The van der Waals surface area contributed by atoms with Crippen LogP contribution in [0.15, 0.2) is 0 Å². The van der Waals surface area contributed by atoms with Crippen LogP contribution in [0.3, 0.4) is 0 Å². The molecule has 0 bridgehead atoms. The lowest BCUT2D eigenvalue weighted by Gasteiger charge is -2.42. The molecule has 2 saturated heterocycles. The van der Waals surface area contributed by atoms with Crippen LogP contribution in [0.25, 0.3) is 0 Å². The van der Waals surface area contributed by atoms with Crippen LogP contribution >= 0.6 is 0 Å². The third-order valence-electron chi connectivity index (χ3n) is 3.96. The van der Waals surface area contributed by atoms with Crippen molar-refractivity contribution >= 4 is 11.9 Å². The van der Waals surface area contributed by atoms with E-state index in [4.69, 9.17) is 29.2 Å². The fourth-order valence-electron chi connectivity index (χ4n) is 2.67. The highest BCUT2D eigenvalue weighted by Gasteiger charge is 2.48. The van der Waals surface area contributed by atoms with Crippen molar-refractivity contribution in [3.63, 3.8) is 0 Å². The molecule has 2 heterocycles.